The number of H-pyrrole nitrogens is 1. The van der Waals surface area contributed by atoms with Gasteiger partial charge in [-0.2, -0.15) is 5.10 Å². The molecule has 126 valence electrons. The van der Waals surface area contributed by atoms with Crippen LogP contribution in [0.3, 0.4) is 0 Å². The number of benzene rings is 1. The van der Waals surface area contributed by atoms with Crippen LogP contribution in [0.1, 0.15) is 32.1 Å². The summed E-state index contributed by atoms with van der Waals surface area (Å²) in [5.41, 5.74) is 2.95. The molecule has 1 aliphatic rings. The molecule has 1 aromatic carbocycles. The highest BCUT2D eigenvalue weighted by Crippen LogP contribution is 2.15. The second-order valence-corrected chi connectivity index (χ2v) is 6.39. The molecule has 8 heteroatoms. The summed E-state index contributed by atoms with van der Waals surface area (Å²) in [5.74, 6) is -0.396. The Morgan fingerprint density at radius 2 is 1.83 bits per heavy atom. The lowest BCUT2D eigenvalue weighted by atomic mass is 10.1. The standard InChI is InChI=1S/C16H18BrN5O2/c17-11-3-1-10(2-4-11)15(23)19-7-8-20-16(24)14-12-9-18-6-5-13(12)21-22-14/h1-4,18H,5-9H2,(H,19,23)(H,20,24)(H,21,22). The van der Waals surface area contributed by atoms with Crippen molar-refractivity contribution < 1.29 is 9.59 Å². The third kappa shape index (κ3) is 3.82. The monoisotopic (exact) mass is 391 g/mol. The largest absolute Gasteiger partial charge is 0.350 e. The van der Waals surface area contributed by atoms with E-state index in [9.17, 15) is 9.59 Å². The van der Waals surface area contributed by atoms with Crippen LogP contribution >= 0.6 is 15.9 Å². The van der Waals surface area contributed by atoms with Gasteiger partial charge in [0, 0.05) is 53.9 Å². The number of halogens is 1. The summed E-state index contributed by atoms with van der Waals surface area (Å²) in [5, 5.41) is 15.8. The number of hydrogen-bond donors (Lipinski definition) is 4. The summed E-state index contributed by atoms with van der Waals surface area (Å²) in [6.45, 7) is 2.23. The number of carbonyl (C=O) groups is 2. The molecule has 0 saturated carbocycles. The third-order valence-corrected chi connectivity index (χ3v) is 4.35. The molecule has 3 rings (SSSR count). The molecule has 1 aromatic heterocycles. The molecule has 1 aliphatic heterocycles. The molecular weight excluding hydrogens is 374 g/mol. The SMILES string of the molecule is O=C(NCCNC(=O)c1n[nH]c2c1CNCC2)c1ccc(Br)cc1. The minimum absolute atomic E-state index is 0.168. The van der Waals surface area contributed by atoms with E-state index in [1.54, 1.807) is 12.1 Å². The van der Waals surface area contributed by atoms with E-state index in [0.717, 1.165) is 28.7 Å². The maximum atomic E-state index is 12.2. The van der Waals surface area contributed by atoms with Crippen molar-refractivity contribution in [1.29, 1.82) is 0 Å². The van der Waals surface area contributed by atoms with Crippen molar-refractivity contribution in [2.75, 3.05) is 19.6 Å². The zero-order valence-corrected chi connectivity index (χ0v) is 14.6. The van der Waals surface area contributed by atoms with Crippen molar-refractivity contribution in [1.82, 2.24) is 26.1 Å². The Bertz CT molecular complexity index is 741. The molecule has 0 bridgehead atoms. The summed E-state index contributed by atoms with van der Waals surface area (Å²) >= 11 is 3.33. The Morgan fingerprint density at radius 3 is 2.58 bits per heavy atom. The topological polar surface area (TPSA) is 98.9 Å². The molecule has 0 aliphatic carbocycles. The maximum Gasteiger partial charge on any atom is 0.272 e. The predicted molar refractivity (Wildman–Crippen MR) is 92.8 cm³/mol. The normalized spacial score (nSPS) is 13.2. The number of hydrogen-bond acceptors (Lipinski definition) is 4. The minimum Gasteiger partial charge on any atom is -0.350 e. The first-order valence-electron chi connectivity index (χ1n) is 7.74. The number of aromatic nitrogens is 2. The zero-order valence-electron chi connectivity index (χ0n) is 13.0. The lowest BCUT2D eigenvalue weighted by Crippen LogP contribution is -2.35. The maximum absolute atomic E-state index is 12.2. The molecule has 0 spiro atoms. The van der Waals surface area contributed by atoms with Crippen LogP contribution in [0.15, 0.2) is 28.7 Å². The van der Waals surface area contributed by atoms with E-state index in [-0.39, 0.29) is 11.8 Å². The summed E-state index contributed by atoms with van der Waals surface area (Å²) in [4.78, 5) is 24.1. The summed E-state index contributed by atoms with van der Waals surface area (Å²) in [6, 6.07) is 7.10. The molecule has 2 amide bonds. The summed E-state index contributed by atoms with van der Waals surface area (Å²) in [7, 11) is 0. The smallest absolute Gasteiger partial charge is 0.272 e. The van der Waals surface area contributed by atoms with Crippen LogP contribution in [0.4, 0.5) is 0 Å². The van der Waals surface area contributed by atoms with Gasteiger partial charge in [0.15, 0.2) is 5.69 Å². The first kappa shape index (κ1) is 16.7. The highest BCUT2D eigenvalue weighted by Gasteiger charge is 2.21. The van der Waals surface area contributed by atoms with Crippen molar-refractivity contribution >= 4 is 27.7 Å². The fourth-order valence-electron chi connectivity index (χ4n) is 2.55. The fourth-order valence-corrected chi connectivity index (χ4v) is 2.82. The molecule has 0 atom stereocenters. The number of nitrogens with zero attached hydrogens (tertiary/aromatic N) is 1. The van der Waals surface area contributed by atoms with Gasteiger partial charge in [-0.1, -0.05) is 15.9 Å². The number of aromatic amines is 1. The molecule has 2 heterocycles. The highest BCUT2D eigenvalue weighted by molar-refractivity contribution is 9.10. The molecule has 7 nitrogen and oxygen atoms in total. The number of nitrogens with one attached hydrogen (secondary N) is 4. The molecule has 0 saturated heterocycles. The first-order valence-corrected chi connectivity index (χ1v) is 8.53. The second-order valence-electron chi connectivity index (χ2n) is 5.47. The van der Waals surface area contributed by atoms with E-state index >= 15 is 0 Å². The number of carbonyl (C=O) groups excluding carboxylic acids is 2. The van der Waals surface area contributed by atoms with Crippen LogP contribution in [0.2, 0.25) is 0 Å². The number of fused-ring (bicyclic) bond motifs is 1. The minimum atomic E-state index is -0.228. The molecule has 0 unspecified atom stereocenters. The van der Waals surface area contributed by atoms with Gasteiger partial charge in [0.1, 0.15) is 0 Å². The van der Waals surface area contributed by atoms with Crippen molar-refractivity contribution in [2.24, 2.45) is 0 Å². The molecule has 0 radical (unpaired) electrons. The Kier molecular flexibility index (Phi) is 5.27. The molecule has 4 N–H and O–H groups in total. The van der Waals surface area contributed by atoms with Crippen LogP contribution in [-0.2, 0) is 13.0 Å². The predicted octanol–water partition coefficient (Wildman–Crippen LogP) is 0.978. The van der Waals surface area contributed by atoms with Crippen LogP contribution in [-0.4, -0.2) is 41.6 Å². The van der Waals surface area contributed by atoms with Gasteiger partial charge in [0.05, 0.1) is 0 Å². The number of amides is 2. The lowest BCUT2D eigenvalue weighted by Gasteiger charge is -2.13. The number of rotatable bonds is 5. The van der Waals surface area contributed by atoms with Crippen molar-refractivity contribution in [3.63, 3.8) is 0 Å². The van der Waals surface area contributed by atoms with Gasteiger partial charge in [-0.25, -0.2) is 0 Å². The van der Waals surface area contributed by atoms with Crippen LogP contribution in [0, 0.1) is 0 Å². The fraction of sp³-hybridized carbons (Fsp3) is 0.312. The Balaban J connectivity index is 1.46. The van der Waals surface area contributed by atoms with Crippen molar-refractivity contribution in [3.05, 3.63) is 51.3 Å². The van der Waals surface area contributed by atoms with Gasteiger partial charge in [-0.05, 0) is 24.3 Å². The van der Waals surface area contributed by atoms with Gasteiger partial charge in [-0.3, -0.25) is 14.7 Å². The average molecular weight is 392 g/mol. The lowest BCUT2D eigenvalue weighted by molar-refractivity contribution is 0.0924. The van der Waals surface area contributed by atoms with Gasteiger partial charge < -0.3 is 16.0 Å². The van der Waals surface area contributed by atoms with Crippen LogP contribution in [0.5, 0.6) is 0 Å². The van der Waals surface area contributed by atoms with E-state index < -0.39 is 0 Å². The van der Waals surface area contributed by atoms with Gasteiger partial charge >= 0.3 is 0 Å². The third-order valence-electron chi connectivity index (χ3n) is 3.82. The van der Waals surface area contributed by atoms with Crippen molar-refractivity contribution in [2.45, 2.75) is 13.0 Å². The van der Waals surface area contributed by atoms with E-state index in [4.69, 9.17) is 0 Å². The Labute approximate surface area is 147 Å². The average Bonchev–Trinajstić information content (AvgIpc) is 3.03. The molecular formula is C16H18BrN5O2. The van der Waals surface area contributed by atoms with Crippen LogP contribution < -0.4 is 16.0 Å². The van der Waals surface area contributed by atoms with E-state index in [1.807, 2.05) is 12.1 Å². The molecule has 2 aromatic rings. The van der Waals surface area contributed by atoms with E-state index in [2.05, 4.69) is 42.1 Å². The summed E-state index contributed by atoms with van der Waals surface area (Å²) in [6.07, 6.45) is 0.846. The van der Waals surface area contributed by atoms with Crippen molar-refractivity contribution in [3.8, 4) is 0 Å². The van der Waals surface area contributed by atoms with E-state index in [1.165, 1.54) is 0 Å². The zero-order chi connectivity index (χ0) is 16.9. The Morgan fingerprint density at radius 1 is 1.12 bits per heavy atom. The van der Waals surface area contributed by atoms with Crippen LogP contribution in [0.25, 0.3) is 0 Å². The Hall–Kier alpha value is -2.19. The molecule has 0 fully saturated rings. The second kappa shape index (κ2) is 7.59. The quantitative estimate of drug-likeness (QED) is 0.570. The van der Waals surface area contributed by atoms with Gasteiger partial charge in [0.2, 0.25) is 0 Å². The summed E-state index contributed by atoms with van der Waals surface area (Å²) < 4.78 is 0.920. The highest BCUT2D eigenvalue weighted by atomic mass is 79.9. The molecule has 24 heavy (non-hydrogen) atoms. The van der Waals surface area contributed by atoms with Gasteiger partial charge in [0.25, 0.3) is 11.8 Å². The van der Waals surface area contributed by atoms with Gasteiger partial charge in [-0.15, -0.1) is 0 Å². The first-order chi connectivity index (χ1) is 11.6. The van der Waals surface area contributed by atoms with E-state index in [0.29, 0.717) is 30.9 Å².